The van der Waals surface area contributed by atoms with Gasteiger partial charge in [0.25, 0.3) is 0 Å². The molecule has 16 heavy (non-hydrogen) atoms. The van der Waals surface area contributed by atoms with Gasteiger partial charge in [-0.15, -0.1) is 11.3 Å². The first kappa shape index (κ1) is 11.6. The van der Waals surface area contributed by atoms with Gasteiger partial charge in [0.15, 0.2) is 0 Å². The quantitative estimate of drug-likeness (QED) is 0.648. The van der Waals surface area contributed by atoms with Crippen molar-refractivity contribution in [2.24, 2.45) is 5.16 Å². The Kier molecular flexibility index (Phi) is 4.36. The lowest BCUT2D eigenvalue weighted by molar-refractivity contribution is 0.0421. The molecule has 3 nitrogen and oxygen atoms in total. The first-order valence-corrected chi connectivity index (χ1v) is 6.60. The van der Waals surface area contributed by atoms with Crippen molar-refractivity contribution in [1.82, 2.24) is 0 Å². The highest BCUT2D eigenvalue weighted by molar-refractivity contribution is 7.09. The highest BCUT2D eigenvalue weighted by Crippen LogP contribution is 2.19. The fraction of sp³-hybridized carbons (Fsp3) is 0.583. The zero-order chi connectivity index (χ0) is 11.2. The summed E-state index contributed by atoms with van der Waals surface area (Å²) in [6.07, 6.45) is 5.09. The molecular formula is C12H17NO2S. The van der Waals surface area contributed by atoms with E-state index in [1.54, 1.807) is 11.3 Å². The minimum Gasteiger partial charge on any atom is -0.411 e. The molecule has 88 valence electrons. The molecule has 1 aliphatic rings. The predicted octanol–water partition coefficient (Wildman–Crippen LogP) is 3.08. The Morgan fingerprint density at radius 2 is 2.25 bits per heavy atom. The van der Waals surface area contributed by atoms with Crippen molar-refractivity contribution < 1.29 is 9.94 Å². The van der Waals surface area contributed by atoms with Crippen LogP contribution in [-0.4, -0.2) is 23.6 Å². The topological polar surface area (TPSA) is 41.8 Å². The first-order valence-electron chi connectivity index (χ1n) is 5.72. The monoisotopic (exact) mass is 239 g/mol. The van der Waals surface area contributed by atoms with Crippen molar-refractivity contribution in [3.63, 3.8) is 0 Å². The molecule has 0 radical (unpaired) electrons. The lowest BCUT2D eigenvalue weighted by Crippen LogP contribution is -2.22. The summed E-state index contributed by atoms with van der Waals surface area (Å²) < 4.78 is 5.82. The van der Waals surface area contributed by atoms with Gasteiger partial charge in [-0.2, -0.15) is 0 Å². The molecule has 2 rings (SSSR count). The summed E-state index contributed by atoms with van der Waals surface area (Å²) in [4.78, 5) is 1.38. The van der Waals surface area contributed by atoms with Gasteiger partial charge in [-0.3, -0.25) is 0 Å². The molecule has 0 aromatic carbocycles. The molecule has 1 heterocycles. The molecule has 1 aliphatic carbocycles. The minimum absolute atomic E-state index is 0.352. The maximum atomic E-state index is 8.63. The van der Waals surface area contributed by atoms with E-state index in [2.05, 4.69) is 22.7 Å². The van der Waals surface area contributed by atoms with E-state index in [9.17, 15) is 0 Å². The summed E-state index contributed by atoms with van der Waals surface area (Å²) in [5.41, 5.74) is 0.915. The van der Waals surface area contributed by atoms with Crippen LogP contribution in [-0.2, 0) is 11.2 Å². The smallest absolute Gasteiger partial charge is 0.0582 e. The second-order valence-electron chi connectivity index (χ2n) is 4.07. The number of thiophene rings is 1. The third-order valence-electron chi connectivity index (χ3n) is 2.93. The van der Waals surface area contributed by atoms with Crippen LogP contribution < -0.4 is 0 Å². The Morgan fingerprint density at radius 3 is 2.88 bits per heavy atom. The highest BCUT2D eigenvalue weighted by Gasteiger charge is 2.18. The molecule has 1 N–H and O–H groups in total. The largest absolute Gasteiger partial charge is 0.411 e. The Balaban J connectivity index is 1.64. The van der Waals surface area contributed by atoms with E-state index < -0.39 is 0 Å². The molecule has 0 bridgehead atoms. The molecule has 1 fully saturated rings. The number of hydrogen-bond donors (Lipinski definition) is 1. The SMILES string of the molecule is ON=C1CCC(OCCc2cccs2)CC1. The fourth-order valence-electron chi connectivity index (χ4n) is 1.97. The number of rotatable bonds is 4. The van der Waals surface area contributed by atoms with E-state index in [1.165, 1.54) is 4.88 Å². The Morgan fingerprint density at radius 1 is 1.44 bits per heavy atom. The molecular weight excluding hydrogens is 222 g/mol. The van der Waals surface area contributed by atoms with Crippen molar-refractivity contribution in [2.45, 2.75) is 38.2 Å². The highest BCUT2D eigenvalue weighted by atomic mass is 32.1. The lowest BCUT2D eigenvalue weighted by Gasteiger charge is -2.22. The molecule has 0 amide bonds. The van der Waals surface area contributed by atoms with Gasteiger partial charge in [0.1, 0.15) is 0 Å². The third kappa shape index (κ3) is 3.32. The van der Waals surface area contributed by atoms with Crippen LogP contribution in [0.25, 0.3) is 0 Å². The maximum absolute atomic E-state index is 8.63. The summed E-state index contributed by atoms with van der Waals surface area (Å²) >= 11 is 1.78. The van der Waals surface area contributed by atoms with Gasteiger partial charge >= 0.3 is 0 Å². The molecule has 4 heteroatoms. The van der Waals surface area contributed by atoms with Crippen LogP contribution in [0.1, 0.15) is 30.6 Å². The molecule has 0 saturated heterocycles. The first-order chi connectivity index (χ1) is 7.88. The molecule has 0 aliphatic heterocycles. The van der Waals surface area contributed by atoms with Crippen LogP contribution in [0, 0.1) is 0 Å². The average Bonchev–Trinajstić information content (AvgIpc) is 2.83. The minimum atomic E-state index is 0.352. The zero-order valence-electron chi connectivity index (χ0n) is 9.26. The summed E-state index contributed by atoms with van der Waals surface area (Å²) in [5.74, 6) is 0. The van der Waals surface area contributed by atoms with Crippen LogP contribution in [0.3, 0.4) is 0 Å². The molecule has 0 atom stereocenters. The summed E-state index contributed by atoms with van der Waals surface area (Å²) in [5, 5.41) is 14.0. The van der Waals surface area contributed by atoms with E-state index >= 15 is 0 Å². The zero-order valence-corrected chi connectivity index (χ0v) is 10.1. The van der Waals surface area contributed by atoms with Crippen molar-refractivity contribution in [3.8, 4) is 0 Å². The number of oxime groups is 1. The number of nitrogens with zero attached hydrogens (tertiary/aromatic N) is 1. The van der Waals surface area contributed by atoms with Gasteiger partial charge < -0.3 is 9.94 Å². The van der Waals surface area contributed by atoms with Gasteiger partial charge in [0.05, 0.1) is 18.4 Å². The van der Waals surface area contributed by atoms with Gasteiger partial charge in [-0.1, -0.05) is 11.2 Å². The average molecular weight is 239 g/mol. The van der Waals surface area contributed by atoms with E-state index in [0.717, 1.165) is 44.4 Å². The number of ether oxygens (including phenoxy) is 1. The van der Waals surface area contributed by atoms with E-state index in [0.29, 0.717) is 6.10 Å². The Labute approximate surface area is 99.7 Å². The van der Waals surface area contributed by atoms with E-state index in [-0.39, 0.29) is 0 Å². The van der Waals surface area contributed by atoms with Crippen LogP contribution in [0.15, 0.2) is 22.7 Å². The molecule has 1 saturated carbocycles. The standard InChI is InChI=1S/C12H17NO2S/c14-13-10-3-5-11(6-4-10)15-8-7-12-2-1-9-16-12/h1-2,9,11,14H,3-8H2. The fourth-order valence-corrected chi connectivity index (χ4v) is 2.66. The predicted molar refractivity (Wildman–Crippen MR) is 65.5 cm³/mol. The normalized spacial score (nSPS) is 21.0. The lowest BCUT2D eigenvalue weighted by atomic mass is 9.96. The summed E-state index contributed by atoms with van der Waals surface area (Å²) in [7, 11) is 0. The second kappa shape index (κ2) is 6.01. The van der Waals surface area contributed by atoms with Crippen molar-refractivity contribution in [2.75, 3.05) is 6.61 Å². The van der Waals surface area contributed by atoms with E-state index in [1.807, 2.05) is 0 Å². The van der Waals surface area contributed by atoms with Crippen molar-refractivity contribution in [3.05, 3.63) is 22.4 Å². The van der Waals surface area contributed by atoms with E-state index in [4.69, 9.17) is 9.94 Å². The molecule has 1 aromatic rings. The van der Waals surface area contributed by atoms with Crippen LogP contribution in [0.4, 0.5) is 0 Å². The second-order valence-corrected chi connectivity index (χ2v) is 5.10. The van der Waals surface area contributed by atoms with Crippen LogP contribution in [0.2, 0.25) is 0 Å². The Bertz CT molecular complexity index is 325. The molecule has 1 aromatic heterocycles. The van der Waals surface area contributed by atoms with Gasteiger partial charge in [-0.25, -0.2) is 0 Å². The van der Waals surface area contributed by atoms with Gasteiger partial charge in [-0.05, 0) is 37.1 Å². The van der Waals surface area contributed by atoms with Crippen LogP contribution >= 0.6 is 11.3 Å². The van der Waals surface area contributed by atoms with Crippen molar-refractivity contribution in [1.29, 1.82) is 0 Å². The summed E-state index contributed by atoms with van der Waals surface area (Å²) in [6.45, 7) is 0.802. The van der Waals surface area contributed by atoms with Gasteiger partial charge in [0.2, 0.25) is 0 Å². The molecule has 0 spiro atoms. The van der Waals surface area contributed by atoms with Crippen molar-refractivity contribution >= 4 is 17.0 Å². The van der Waals surface area contributed by atoms with Gasteiger partial charge in [0, 0.05) is 11.3 Å². The maximum Gasteiger partial charge on any atom is 0.0582 e. The Hall–Kier alpha value is -0.870. The molecule has 0 unspecified atom stereocenters. The third-order valence-corrected chi connectivity index (χ3v) is 3.87. The van der Waals surface area contributed by atoms with Crippen LogP contribution in [0.5, 0.6) is 0 Å². The number of hydrogen-bond acceptors (Lipinski definition) is 4. The summed E-state index contributed by atoms with van der Waals surface area (Å²) in [6, 6.07) is 4.22.